The number of rotatable bonds is 5. The second-order valence-electron chi connectivity index (χ2n) is 6.09. The largest absolute Gasteiger partial charge is 0.332 e. The van der Waals surface area contributed by atoms with E-state index in [4.69, 9.17) is 0 Å². The fraction of sp³-hybridized carbons (Fsp3) is 0.294. The van der Waals surface area contributed by atoms with E-state index in [0.29, 0.717) is 28.6 Å². The van der Waals surface area contributed by atoms with Crippen molar-refractivity contribution < 1.29 is 9.18 Å². The number of carbonyl (C=O) groups excluding carboxylic acids is 1. The Morgan fingerprint density at radius 2 is 2.00 bits per heavy atom. The Balaban J connectivity index is 1.70. The number of fused-ring (bicyclic) bond motifs is 1. The van der Waals surface area contributed by atoms with Gasteiger partial charge in [0.05, 0.1) is 12.0 Å². The highest BCUT2D eigenvalue weighted by molar-refractivity contribution is 9.10. The van der Waals surface area contributed by atoms with Crippen LogP contribution < -0.4 is 16.6 Å². The number of aromatic nitrogens is 4. The molecule has 0 bridgehead atoms. The Kier molecular flexibility index (Phi) is 5.26. The third kappa shape index (κ3) is 3.70. The maximum absolute atomic E-state index is 13.8. The third-order valence-electron chi connectivity index (χ3n) is 4.23. The average Bonchev–Trinajstić information content (AvgIpc) is 3.04. The summed E-state index contributed by atoms with van der Waals surface area (Å²) in [5, 5.41) is 2.52. The molecule has 0 radical (unpaired) electrons. The lowest BCUT2D eigenvalue weighted by molar-refractivity contribution is -0.116. The van der Waals surface area contributed by atoms with Gasteiger partial charge in [-0.05, 0) is 24.6 Å². The first-order valence-electron chi connectivity index (χ1n) is 8.15. The fourth-order valence-corrected chi connectivity index (χ4v) is 3.11. The summed E-state index contributed by atoms with van der Waals surface area (Å²) in [4.78, 5) is 40.4. The van der Waals surface area contributed by atoms with E-state index in [1.807, 2.05) is 0 Å². The smallest absolute Gasteiger partial charge is 0.325 e. The summed E-state index contributed by atoms with van der Waals surface area (Å²) < 4.78 is 18.3. The molecule has 0 spiro atoms. The van der Waals surface area contributed by atoms with E-state index in [1.165, 1.54) is 30.1 Å². The van der Waals surface area contributed by atoms with E-state index >= 15 is 0 Å². The highest BCUT2D eigenvalue weighted by Crippen LogP contribution is 2.19. The Labute approximate surface area is 161 Å². The quantitative estimate of drug-likeness (QED) is 0.658. The van der Waals surface area contributed by atoms with Gasteiger partial charge in [0.15, 0.2) is 11.2 Å². The van der Waals surface area contributed by atoms with Crippen molar-refractivity contribution >= 4 is 38.7 Å². The molecule has 0 saturated carbocycles. The normalized spacial score (nSPS) is 11.1. The molecule has 10 heteroatoms. The third-order valence-corrected chi connectivity index (χ3v) is 4.72. The first-order chi connectivity index (χ1) is 12.8. The summed E-state index contributed by atoms with van der Waals surface area (Å²) in [6.45, 7) is 0.361. The van der Waals surface area contributed by atoms with Crippen molar-refractivity contribution in [2.24, 2.45) is 14.1 Å². The summed E-state index contributed by atoms with van der Waals surface area (Å²) in [6.07, 6.45) is 2.03. The van der Waals surface area contributed by atoms with Crippen LogP contribution in [0.4, 0.5) is 10.1 Å². The number of nitrogens with zero attached hydrogens (tertiary/aromatic N) is 4. The van der Waals surface area contributed by atoms with Gasteiger partial charge in [0.25, 0.3) is 5.56 Å². The minimum Gasteiger partial charge on any atom is -0.325 e. The molecule has 1 N–H and O–H groups in total. The van der Waals surface area contributed by atoms with E-state index in [9.17, 15) is 18.8 Å². The number of nitrogens with one attached hydrogen (secondary N) is 1. The van der Waals surface area contributed by atoms with Gasteiger partial charge in [-0.1, -0.05) is 15.9 Å². The van der Waals surface area contributed by atoms with Gasteiger partial charge < -0.3 is 9.88 Å². The zero-order valence-electron chi connectivity index (χ0n) is 14.7. The van der Waals surface area contributed by atoms with Crippen LogP contribution in [0.1, 0.15) is 12.8 Å². The SMILES string of the molecule is Cn1c(=O)c2c(ncn2CCCC(=O)Nc2ccc(Br)cc2F)n(C)c1=O. The van der Waals surface area contributed by atoms with Crippen LogP contribution in [0.2, 0.25) is 0 Å². The number of imidazole rings is 1. The summed E-state index contributed by atoms with van der Waals surface area (Å²) in [6, 6.07) is 4.38. The summed E-state index contributed by atoms with van der Waals surface area (Å²) in [5.74, 6) is -0.858. The number of amides is 1. The number of halogens is 2. The van der Waals surface area contributed by atoms with Crippen LogP contribution in [0.5, 0.6) is 0 Å². The Hall–Kier alpha value is -2.75. The molecular weight excluding hydrogens is 421 g/mol. The number of carbonyl (C=O) groups is 1. The van der Waals surface area contributed by atoms with Gasteiger partial charge in [-0.15, -0.1) is 0 Å². The maximum Gasteiger partial charge on any atom is 0.332 e. The monoisotopic (exact) mass is 437 g/mol. The van der Waals surface area contributed by atoms with Gasteiger partial charge in [0.2, 0.25) is 5.91 Å². The Morgan fingerprint density at radius 3 is 2.70 bits per heavy atom. The Bertz CT molecular complexity index is 1150. The first kappa shape index (κ1) is 19.0. The van der Waals surface area contributed by atoms with Crippen LogP contribution in [-0.4, -0.2) is 24.6 Å². The highest BCUT2D eigenvalue weighted by Gasteiger charge is 2.14. The molecule has 27 heavy (non-hydrogen) atoms. The van der Waals surface area contributed by atoms with Gasteiger partial charge in [-0.2, -0.15) is 0 Å². The molecule has 0 unspecified atom stereocenters. The van der Waals surface area contributed by atoms with E-state index in [2.05, 4.69) is 26.2 Å². The average molecular weight is 438 g/mol. The molecule has 0 fully saturated rings. The van der Waals surface area contributed by atoms with Crippen LogP contribution in [0.15, 0.2) is 38.6 Å². The molecule has 1 amide bonds. The highest BCUT2D eigenvalue weighted by atomic mass is 79.9. The predicted molar refractivity (Wildman–Crippen MR) is 102 cm³/mol. The lowest BCUT2D eigenvalue weighted by Gasteiger charge is -2.08. The Morgan fingerprint density at radius 1 is 1.26 bits per heavy atom. The minimum absolute atomic E-state index is 0.111. The predicted octanol–water partition coefficient (Wildman–Crippen LogP) is 1.75. The number of anilines is 1. The van der Waals surface area contributed by atoms with E-state index in [0.717, 1.165) is 4.57 Å². The molecular formula is C17H17BrFN5O3. The zero-order chi connectivity index (χ0) is 19.7. The van der Waals surface area contributed by atoms with Crippen LogP contribution in [0, 0.1) is 5.82 Å². The molecule has 3 rings (SSSR count). The van der Waals surface area contributed by atoms with E-state index < -0.39 is 17.1 Å². The molecule has 2 heterocycles. The minimum atomic E-state index is -0.525. The van der Waals surface area contributed by atoms with Crippen LogP contribution >= 0.6 is 15.9 Å². The molecule has 0 atom stereocenters. The number of hydrogen-bond donors (Lipinski definition) is 1. The van der Waals surface area contributed by atoms with Gasteiger partial charge in [-0.25, -0.2) is 14.2 Å². The molecule has 0 aliphatic heterocycles. The lowest BCUT2D eigenvalue weighted by atomic mass is 10.2. The van der Waals surface area contributed by atoms with Crippen LogP contribution in [0.25, 0.3) is 11.2 Å². The summed E-state index contributed by atoms with van der Waals surface area (Å²) >= 11 is 3.16. The molecule has 142 valence electrons. The number of aryl methyl sites for hydroxylation is 2. The van der Waals surface area contributed by atoms with Crippen LogP contribution in [0.3, 0.4) is 0 Å². The van der Waals surface area contributed by atoms with Gasteiger partial charge in [0, 0.05) is 31.5 Å². The fourth-order valence-electron chi connectivity index (χ4n) is 2.78. The summed E-state index contributed by atoms with van der Waals surface area (Å²) in [7, 11) is 2.95. The lowest BCUT2D eigenvalue weighted by Crippen LogP contribution is -2.37. The standard InChI is InChI=1S/C17H17BrFN5O3/c1-22-15-14(16(26)23(2)17(22)27)24(9-20-15)7-3-4-13(25)21-12-6-5-10(18)8-11(12)19/h5-6,8-9H,3-4,7H2,1-2H3,(H,21,25). The van der Waals surface area contributed by atoms with Gasteiger partial charge in [-0.3, -0.25) is 18.7 Å². The molecule has 3 aromatic rings. The van der Waals surface area contributed by atoms with Crippen molar-refractivity contribution in [2.75, 3.05) is 5.32 Å². The van der Waals surface area contributed by atoms with Crippen molar-refractivity contribution in [3.8, 4) is 0 Å². The van der Waals surface area contributed by atoms with Gasteiger partial charge in [0.1, 0.15) is 5.82 Å². The summed E-state index contributed by atoms with van der Waals surface area (Å²) in [5.41, 5.74) is -0.177. The number of benzene rings is 1. The maximum atomic E-state index is 13.8. The second-order valence-corrected chi connectivity index (χ2v) is 7.01. The second kappa shape index (κ2) is 7.47. The van der Waals surface area contributed by atoms with Crippen molar-refractivity contribution in [3.05, 3.63) is 55.7 Å². The topological polar surface area (TPSA) is 90.9 Å². The van der Waals surface area contributed by atoms with E-state index in [-0.39, 0.29) is 18.0 Å². The van der Waals surface area contributed by atoms with E-state index in [1.54, 1.807) is 17.7 Å². The first-order valence-corrected chi connectivity index (χ1v) is 8.94. The molecule has 1 aromatic carbocycles. The van der Waals surface area contributed by atoms with Crippen molar-refractivity contribution in [2.45, 2.75) is 19.4 Å². The zero-order valence-corrected chi connectivity index (χ0v) is 16.3. The molecule has 0 saturated heterocycles. The molecule has 0 aliphatic carbocycles. The van der Waals surface area contributed by atoms with Crippen molar-refractivity contribution in [1.29, 1.82) is 0 Å². The van der Waals surface area contributed by atoms with Crippen molar-refractivity contribution in [3.63, 3.8) is 0 Å². The number of hydrogen-bond acceptors (Lipinski definition) is 4. The molecule has 2 aromatic heterocycles. The molecule has 8 nitrogen and oxygen atoms in total. The van der Waals surface area contributed by atoms with Crippen LogP contribution in [-0.2, 0) is 25.4 Å². The van der Waals surface area contributed by atoms with Crippen molar-refractivity contribution in [1.82, 2.24) is 18.7 Å². The van der Waals surface area contributed by atoms with Gasteiger partial charge >= 0.3 is 5.69 Å². The molecule has 0 aliphatic rings.